The SMILES string of the molecule is CC(C)c1cccc(C2(C)OCCO2)c1NC(=O)CCl. The average Bonchev–Trinajstić information content (AvgIpc) is 2.86. The molecule has 1 aliphatic rings. The fraction of sp³-hybridized carbons (Fsp3) is 0.533. The zero-order valence-corrected chi connectivity index (χ0v) is 12.8. The topological polar surface area (TPSA) is 47.6 Å². The van der Waals surface area contributed by atoms with Crippen molar-refractivity contribution in [3.05, 3.63) is 29.3 Å². The molecule has 1 heterocycles. The van der Waals surface area contributed by atoms with E-state index in [1.165, 1.54) is 0 Å². The predicted molar refractivity (Wildman–Crippen MR) is 79.1 cm³/mol. The first kappa shape index (κ1) is 15.3. The van der Waals surface area contributed by atoms with Crippen molar-refractivity contribution in [1.29, 1.82) is 0 Å². The number of ether oxygens (including phenoxy) is 2. The van der Waals surface area contributed by atoms with Crippen LogP contribution in [0.3, 0.4) is 0 Å². The molecule has 1 amide bonds. The molecule has 5 heteroatoms. The number of hydrogen-bond acceptors (Lipinski definition) is 3. The summed E-state index contributed by atoms with van der Waals surface area (Å²) in [5.41, 5.74) is 2.62. The molecular weight excluding hydrogens is 278 g/mol. The van der Waals surface area contributed by atoms with Gasteiger partial charge in [-0.2, -0.15) is 0 Å². The summed E-state index contributed by atoms with van der Waals surface area (Å²) in [5.74, 6) is -0.863. The van der Waals surface area contributed by atoms with Gasteiger partial charge in [0.1, 0.15) is 5.88 Å². The zero-order valence-electron chi connectivity index (χ0n) is 12.0. The molecule has 0 radical (unpaired) electrons. The van der Waals surface area contributed by atoms with E-state index in [1.807, 2.05) is 25.1 Å². The molecule has 0 aromatic heterocycles. The predicted octanol–water partition coefficient (Wildman–Crippen LogP) is 3.21. The Morgan fingerprint density at radius 1 is 1.40 bits per heavy atom. The van der Waals surface area contributed by atoms with E-state index in [2.05, 4.69) is 19.2 Å². The first-order valence-corrected chi connectivity index (χ1v) is 7.28. The highest BCUT2D eigenvalue weighted by molar-refractivity contribution is 6.29. The minimum atomic E-state index is -0.820. The molecule has 1 aliphatic heterocycles. The molecule has 1 fully saturated rings. The number of para-hydroxylation sites is 1. The summed E-state index contributed by atoms with van der Waals surface area (Å²) in [7, 11) is 0. The standard InChI is InChI=1S/C15H20ClNO3/c1-10(2)11-5-4-6-12(14(11)17-13(18)9-16)15(3)19-7-8-20-15/h4-6,10H,7-9H2,1-3H3,(H,17,18). The number of alkyl halides is 1. The number of carbonyl (C=O) groups is 1. The summed E-state index contributed by atoms with van der Waals surface area (Å²) in [6, 6.07) is 5.87. The molecule has 0 aliphatic carbocycles. The normalized spacial score (nSPS) is 17.4. The van der Waals surface area contributed by atoms with Gasteiger partial charge in [-0.15, -0.1) is 11.6 Å². The maximum Gasteiger partial charge on any atom is 0.239 e. The second-order valence-corrected chi connectivity index (χ2v) is 5.52. The Balaban J connectivity index is 2.49. The maximum absolute atomic E-state index is 11.7. The molecule has 110 valence electrons. The van der Waals surface area contributed by atoms with Crippen LogP contribution in [0.1, 0.15) is 37.8 Å². The third-order valence-corrected chi connectivity index (χ3v) is 3.67. The molecule has 2 rings (SSSR count). The van der Waals surface area contributed by atoms with E-state index in [0.717, 1.165) is 16.8 Å². The van der Waals surface area contributed by atoms with E-state index in [1.54, 1.807) is 0 Å². The molecule has 0 atom stereocenters. The van der Waals surface area contributed by atoms with E-state index in [9.17, 15) is 4.79 Å². The van der Waals surface area contributed by atoms with Crippen LogP contribution in [0.25, 0.3) is 0 Å². The summed E-state index contributed by atoms with van der Waals surface area (Å²) >= 11 is 5.61. The lowest BCUT2D eigenvalue weighted by Gasteiger charge is -2.27. The summed E-state index contributed by atoms with van der Waals surface area (Å²) in [6.07, 6.45) is 0. The summed E-state index contributed by atoms with van der Waals surface area (Å²) in [6.45, 7) is 7.12. The molecular formula is C15H20ClNO3. The van der Waals surface area contributed by atoms with Gasteiger partial charge in [0.05, 0.1) is 18.9 Å². The number of rotatable bonds is 4. The van der Waals surface area contributed by atoms with Crippen molar-refractivity contribution in [3.8, 4) is 0 Å². The Morgan fingerprint density at radius 3 is 2.60 bits per heavy atom. The van der Waals surface area contributed by atoms with Crippen molar-refractivity contribution < 1.29 is 14.3 Å². The lowest BCUT2D eigenvalue weighted by Crippen LogP contribution is -2.26. The first-order valence-electron chi connectivity index (χ1n) is 6.75. The number of anilines is 1. The van der Waals surface area contributed by atoms with Crippen molar-refractivity contribution in [2.45, 2.75) is 32.5 Å². The first-order chi connectivity index (χ1) is 9.48. The number of nitrogens with one attached hydrogen (secondary N) is 1. The van der Waals surface area contributed by atoms with Crippen LogP contribution in [0.5, 0.6) is 0 Å². The lowest BCUT2D eigenvalue weighted by atomic mass is 9.94. The van der Waals surface area contributed by atoms with Crippen molar-refractivity contribution in [3.63, 3.8) is 0 Å². The second-order valence-electron chi connectivity index (χ2n) is 5.25. The van der Waals surface area contributed by atoms with Crippen LogP contribution in [0, 0.1) is 0 Å². The van der Waals surface area contributed by atoms with Crippen molar-refractivity contribution in [1.82, 2.24) is 0 Å². The van der Waals surface area contributed by atoms with Gasteiger partial charge in [0, 0.05) is 5.56 Å². The van der Waals surface area contributed by atoms with E-state index in [0.29, 0.717) is 13.2 Å². The summed E-state index contributed by atoms with van der Waals surface area (Å²) < 4.78 is 11.4. The number of benzene rings is 1. The van der Waals surface area contributed by atoms with Gasteiger partial charge < -0.3 is 14.8 Å². The highest BCUT2D eigenvalue weighted by atomic mass is 35.5. The minimum Gasteiger partial charge on any atom is -0.344 e. The van der Waals surface area contributed by atoms with Crippen LogP contribution in [0.2, 0.25) is 0 Å². The monoisotopic (exact) mass is 297 g/mol. The Labute approximate surface area is 124 Å². The Bertz CT molecular complexity index is 496. The molecule has 0 spiro atoms. The van der Waals surface area contributed by atoms with Gasteiger partial charge in [-0.25, -0.2) is 0 Å². The molecule has 1 aromatic rings. The van der Waals surface area contributed by atoms with Gasteiger partial charge >= 0.3 is 0 Å². The van der Waals surface area contributed by atoms with Crippen LogP contribution in [0.4, 0.5) is 5.69 Å². The molecule has 1 aromatic carbocycles. The summed E-state index contributed by atoms with van der Waals surface area (Å²) in [5, 5.41) is 2.88. The molecule has 1 saturated heterocycles. The van der Waals surface area contributed by atoms with Gasteiger partial charge in [-0.1, -0.05) is 32.0 Å². The van der Waals surface area contributed by atoms with Crippen LogP contribution >= 0.6 is 11.6 Å². The minimum absolute atomic E-state index is 0.0791. The van der Waals surface area contributed by atoms with Gasteiger partial charge in [0.2, 0.25) is 5.91 Å². The molecule has 0 saturated carbocycles. The van der Waals surface area contributed by atoms with Crippen molar-refractivity contribution >= 4 is 23.2 Å². The molecule has 20 heavy (non-hydrogen) atoms. The maximum atomic E-state index is 11.7. The van der Waals surface area contributed by atoms with Crippen LogP contribution in [-0.2, 0) is 20.1 Å². The van der Waals surface area contributed by atoms with E-state index >= 15 is 0 Å². The molecule has 1 N–H and O–H groups in total. The quantitative estimate of drug-likeness (QED) is 0.868. The Morgan fingerprint density at radius 2 is 2.05 bits per heavy atom. The van der Waals surface area contributed by atoms with Gasteiger partial charge in [-0.3, -0.25) is 4.79 Å². The van der Waals surface area contributed by atoms with Gasteiger partial charge in [0.15, 0.2) is 5.79 Å². The fourth-order valence-corrected chi connectivity index (χ4v) is 2.48. The van der Waals surface area contributed by atoms with Crippen molar-refractivity contribution in [2.24, 2.45) is 0 Å². The Hall–Kier alpha value is -1.10. The third kappa shape index (κ3) is 2.97. The van der Waals surface area contributed by atoms with E-state index in [-0.39, 0.29) is 17.7 Å². The van der Waals surface area contributed by atoms with E-state index in [4.69, 9.17) is 21.1 Å². The van der Waals surface area contributed by atoms with Gasteiger partial charge in [-0.05, 0) is 18.4 Å². The van der Waals surface area contributed by atoms with E-state index < -0.39 is 5.79 Å². The Kier molecular flexibility index (Phi) is 4.68. The highest BCUT2D eigenvalue weighted by Gasteiger charge is 2.36. The molecule has 0 unspecified atom stereocenters. The number of carbonyl (C=O) groups excluding carboxylic acids is 1. The van der Waals surface area contributed by atoms with Crippen molar-refractivity contribution in [2.75, 3.05) is 24.4 Å². The third-order valence-electron chi connectivity index (χ3n) is 3.43. The largest absolute Gasteiger partial charge is 0.344 e. The lowest BCUT2D eigenvalue weighted by molar-refractivity contribution is -0.149. The van der Waals surface area contributed by atoms with Gasteiger partial charge in [0.25, 0.3) is 0 Å². The number of halogens is 1. The number of hydrogen-bond donors (Lipinski definition) is 1. The van der Waals surface area contributed by atoms with Crippen LogP contribution in [0.15, 0.2) is 18.2 Å². The zero-order chi connectivity index (χ0) is 14.8. The highest BCUT2D eigenvalue weighted by Crippen LogP contribution is 2.39. The fourth-order valence-electron chi connectivity index (χ4n) is 2.41. The molecule has 4 nitrogen and oxygen atoms in total. The number of amides is 1. The molecule has 0 bridgehead atoms. The van der Waals surface area contributed by atoms with Crippen LogP contribution in [-0.4, -0.2) is 25.0 Å². The smallest absolute Gasteiger partial charge is 0.239 e. The average molecular weight is 298 g/mol. The second kappa shape index (κ2) is 6.12. The summed E-state index contributed by atoms with van der Waals surface area (Å²) in [4.78, 5) is 11.7. The van der Waals surface area contributed by atoms with Crippen LogP contribution < -0.4 is 5.32 Å².